The minimum absolute atomic E-state index is 0.0121. The molecule has 3 unspecified atom stereocenters. The first-order valence-electron chi connectivity index (χ1n) is 7.16. The normalized spacial score (nSPS) is 32.1. The fourth-order valence-corrected chi connectivity index (χ4v) is 3.65. The number of piperidine rings is 1. The van der Waals surface area contributed by atoms with Crippen LogP contribution in [0.3, 0.4) is 0 Å². The van der Waals surface area contributed by atoms with Gasteiger partial charge in [-0.1, -0.05) is 12.1 Å². The maximum atomic E-state index is 11.5. The Hall–Kier alpha value is -1.39. The SMILES string of the molecule is COC(=O)c1ccc(C23CCC(CC(OC)C2)N3)cc1. The zero-order chi connectivity index (χ0) is 14.2. The van der Waals surface area contributed by atoms with Gasteiger partial charge in [-0.2, -0.15) is 0 Å². The number of nitrogens with one attached hydrogen (secondary N) is 1. The summed E-state index contributed by atoms with van der Waals surface area (Å²) in [5, 5.41) is 3.75. The van der Waals surface area contributed by atoms with Crippen LogP contribution >= 0.6 is 0 Å². The van der Waals surface area contributed by atoms with Gasteiger partial charge in [0.15, 0.2) is 0 Å². The summed E-state index contributed by atoms with van der Waals surface area (Å²) in [5.41, 5.74) is 1.86. The average Bonchev–Trinajstić information content (AvgIpc) is 2.82. The van der Waals surface area contributed by atoms with Gasteiger partial charge in [-0.15, -0.1) is 0 Å². The molecule has 3 atom stereocenters. The van der Waals surface area contributed by atoms with Gasteiger partial charge < -0.3 is 14.8 Å². The molecule has 20 heavy (non-hydrogen) atoms. The standard InChI is InChI=1S/C16H21NO3/c1-19-14-9-13-7-8-16(10-14,17-13)12-5-3-11(4-6-12)15(18)20-2/h3-6,13-14,17H,7-10H2,1-2H3. The van der Waals surface area contributed by atoms with Gasteiger partial charge in [0.1, 0.15) is 0 Å². The number of methoxy groups -OCH3 is 2. The molecule has 1 aromatic carbocycles. The fourth-order valence-electron chi connectivity index (χ4n) is 3.65. The number of carbonyl (C=O) groups is 1. The van der Waals surface area contributed by atoms with Crippen LogP contribution in [0.2, 0.25) is 0 Å². The van der Waals surface area contributed by atoms with Gasteiger partial charge in [-0.3, -0.25) is 0 Å². The molecule has 0 radical (unpaired) electrons. The lowest BCUT2D eigenvalue weighted by molar-refractivity contribution is 0.0361. The van der Waals surface area contributed by atoms with E-state index >= 15 is 0 Å². The minimum Gasteiger partial charge on any atom is -0.465 e. The summed E-state index contributed by atoms with van der Waals surface area (Å²) >= 11 is 0. The second kappa shape index (κ2) is 5.19. The van der Waals surface area contributed by atoms with Gasteiger partial charge in [0, 0.05) is 18.7 Å². The zero-order valence-corrected chi connectivity index (χ0v) is 12.0. The molecule has 0 aromatic heterocycles. The van der Waals surface area contributed by atoms with Gasteiger partial charge in [-0.25, -0.2) is 4.79 Å². The molecule has 4 heteroatoms. The van der Waals surface area contributed by atoms with E-state index < -0.39 is 0 Å². The molecule has 0 amide bonds. The fraction of sp³-hybridized carbons (Fsp3) is 0.562. The Kier molecular flexibility index (Phi) is 3.52. The van der Waals surface area contributed by atoms with Crippen molar-refractivity contribution in [1.82, 2.24) is 5.32 Å². The molecule has 0 spiro atoms. The van der Waals surface area contributed by atoms with E-state index in [4.69, 9.17) is 9.47 Å². The second-order valence-corrected chi connectivity index (χ2v) is 5.83. The average molecular weight is 275 g/mol. The maximum absolute atomic E-state index is 11.5. The van der Waals surface area contributed by atoms with E-state index in [1.807, 2.05) is 24.3 Å². The highest BCUT2D eigenvalue weighted by Crippen LogP contribution is 2.43. The Balaban J connectivity index is 1.86. The molecule has 2 aliphatic heterocycles. The third-order valence-corrected chi connectivity index (χ3v) is 4.72. The monoisotopic (exact) mass is 275 g/mol. The Morgan fingerprint density at radius 1 is 1.30 bits per heavy atom. The van der Waals surface area contributed by atoms with Gasteiger partial charge in [-0.05, 0) is 43.4 Å². The lowest BCUT2D eigenvalue weighted by atomic mass is 9.82. The molecule has 108 valence electrons. The molecule has 1 N–H and O–H groups in total. The first-order valence-corrected chi connectivity index (χ1v) is 7.16. The Morgan fingerprint density at radius 3 is 2.70 bits per heavy atom. The van der Waals surface area contributed by atoms with E-state index in [2.05, 4.69) is 5.32 Å². The van der Waals surface area contributed by atoms with Crippen molar-refractivity contribution < 1.29 is 14.3 Å². The summed E-state index contributed by atoms with van der Waals surface area (Å²) in [6, 6.07) is 8.33. The van der Waals surface area contributed by atoms with E-state index in [1.165, 1.54) is 19.1 Å². The second-order valence-electron chi connectivity index (χ2n) is 5.83. The smallest absolute Gasteiger partial charge is 0.337 e. The molecule has 2 aliphatic rings. The highest BCUT2D eigenvalue weighted by Gasteiger charge is 2.46. The van der Waals surface area contributed by atoms with Crippen molar-refractivity contribution in [3.63, 3.8) is 0 Å². The van der Waals surface area contributed by atoms with Gasteiger partial charge in [0.05, 0.1) is 18.8 Å². The van der Waals surface area contributed by atoms with Crippen LogP contribution in [-0.2, 0) is 15.0 Å². The number of ether oxygens (including phenoxy) is 2. The molecule has 3 rings (SSSR count). The third-order valence-electron chi connectivity index (χ3n) is 4.72. The van der Waals surface area contributed by atoms with E-state index in [0.29, 0.717) is 17.7 Å². The maximum Gasteiger partial charge on any atom is 0.337 e. The largest absolute Gasteiger partial charge is 0.465 e. The Bertz CT molecular complexity index is 499. The first kappa shape index (κ1) is 13.6. The molecule has 1 aromatic rings. The Labute approximate surface area is 119 Å². The van der Waals surface area contributed by atoms with Gasteiger partial charge >= 0.3 is 5.97 Å². The zero-order valence-electron chi connectivity index (χ0n) is 12.0. The molecule has 0 aliphatic carbocycles. The quantitative estimate of drug-likeness (QED) is 0.859. The molecule has 4 nitrogen and oxygen atoms in total. The van der Waals surface area contributed by atoms with Crippen molar-refractivity contribution in [1.29, 1.82) is 0 Å². The molecule has 2 bridgehead atoms. The molecule has 2 heterocycles. The Morgan fingerprint density at radius 2 is 2.05 bits per heavy atom. The van der Waals surface area contributed by atoms with Crippen LogP contribution in [0.15, 0.2) is 24.3 Å². The summed E-state index contributed by atoms with van der Waals surface area (Å²) in [6.45, 7) is 0. The lowest BCUT2D eigenvalue weighted by Gasteiger charge is -2.39. The molecule has 0 saturated carbocycles. The highest BCUT2D eigenvalue weighted by molar-refractivity contribution is 5.89. The predicted octanol–water partition coefficient (Wildman–Crippen LogP) is 2.23. The highest BCUT2D eigenvalue weighted by atomic mass is 16.5. The van der Waals surface area contributed by atoms with Crippen molar-refractivity contribution in [3.05, 3.63) is 35.4 Å². The van der Waals surface area contributed by atoms with E-state index in [0.717, 1.165) is 19.3 Å². The van der Waals surface area contributed by atoms with Crippen LogP contribution in [0.1, 0.15) is 41.6 Å². The molecule has 2 saturated heterocycles. The number of esters is 1. The first-order chi connectivity index (χ1) is 9.66. The number of fused-ring (bicyclic) bond motifs is 2. The van der Waals surface area contributed by atoms with E-state index in [9.17, 15) is 4.79 Å². The molecular weight excluding hydrogens is 254 g/mol. The van der Waals surface area contributed by atoms with Crippen molar-refractivity contribution in [2.45, 2.75) is 43.4 Å². The van der Waals surface area contributed by atoms with Crippen LogP contribution < -0.4 is 5.32 Å². The summed E-state index contributed by atoms with van der Waals surface area (Å²) in [6.07, 6.45) is 4.74. The summed E-state index contributed by atoms with van der Waals surface area (Å²) in [5.74, 6) is -0.287. The number of hydrogen-bond donors (Lipinski definition) is 1. The summed E-state index contributed by atoms with van der Waals surface area (Å²) < 4.78 is 10.3. The number of carbonyl (C=O) groups excluding carboxylic acids is 1. The number of benzene rings is 1. The van der Waals surface area contributed by atoms with Crippen molar-refractivity contribution in [2.24, 2.45) is 0 Å². The van der Waals surface area contributed by atoms with Gasteiger partial charge in [0.25, 0.3) is 0 Å². The number of hydrogen-bond acceptors (Lipinski definition) is 4. The van der Waals surface area contributed by atoms with Crippen LogP contribution in [-0.4, -0.2) is 32.3 Å². The molecule has 2 fully saturated rings. The summed E-state index contributed by atoms with van der Waals surface area (Å²) in [7, 11) is 3.20. The minimum atomic E-state index is -0.287. The van der Waals surface area contributed by atoms with Crippen molar-refractivity contribution in [3.8, 4) is 0 Å². The lowest BCUT2D eigenvalue weighted by Crippen LogP contribution is -2.49. The van der Waals surface area contributed by atoms with Crippen molar-refractivity contribution >= 4 is 5.97 Å². The van der Waals surface area contributed by atoms with Crippen LogP contribution in [0.5, 0.6) is 0 Å². The topological polar surface area (TPSA) is 47.6 Å². The number of rotatable bonds is 3. The van der Waals surface area contributed by atoms with Crippen LogP contribution in [0.4, 0.5) is 0 Å². The van der Waals surface area contributed by atoms with E-state index in [1.54, 1.807) is 7.11 Å². The molecular formula is C16H21NO3. The van der Waals surface area contributed by atoms with Crippen LogP contribution in [0, 0.1) is 0 Å². The van der Waals surface area contributed by atoms with Gasteiger partial charge in [0.2, 0.25) is 0 Å². The third kappa shape index (κ3) is 2.23. The van der Waals surface area contributed by atoms with Crippen molar-refractivity contribution in [2.75, 3.05) is 14.2 Å². The van der Waals surface area contributed by atoms with E-state index in [-0.39, 0.29) is 11.5 Å². The predicted molar refractivity (Wildman–Crippen MR) is 75.6 cm³/mol. The summed E-state index contributed by atoms with van der Waals surface area (Å²) in [4.78, 5) is 11.5. The van der Waals surface area contributed by atoms with Crippen LogP contribution in [0.25, 0.3) is 0 Å².